The number of alkyl halides is 2. The fourth-order valence-corrected chi connectivity index (χ4v) is 2.13. The number of pyridine rings is 1. The zero-order chi connectivity index (χ0) is 19.4. The van der Waals surface area contributed by atoms with Crippen molar-refractivity contribution in [2.24, 2.45) is 0 Å². The van der Waals surface area contributed by atoms with Crippen molar-refractivity contribution < 1.29 is 23.2 Å². The zero-order valence-corrected chi connectivity index (χ0v) is 13.5. The highest BCUT2D eigenvalue weighted by Crippen LogP contribution is 2.29. The number of nitro groups is 1. The van der Waals surface area contributed by atoms with E-state index in [1.807, 2.05) is 0 Å². The molecule has 1 amide bonds. The third-order valence-electron chi connectivity index (χ3n) is 3.27. The SMILES string of the molecule is O=C(Nc1cc(Oc2cccnc2)cc([N+](=O)[O-])c1)c1ccn(C(F)F)n1. The van der Waals surface area contributed by atoms with Crippen LogP contribution in [0.25, 0.3) is 0 Å². The Morgan fingerprint density at radius 1 is 1.26 bits per heavy atom. The Morgan fingerprint density at radius 3 is 2.70 bits per heavy atom. The molecule has 0 radical (unpaired) electrons. The van der Waals surface area contributed by atoms with Crippen LogP contribution in [0.2, 0.25) is 0 Å². The normalized spacial score (nSPS) is 10.6. The van der Waals surface area contributed by atoms with Gasteiger partial charge < -0.3 is 10.1 Å². The number of ether oxygens (including phenoxy) is 1. The first kappa shape index (κ1) is 17.9. The molecule has 1 N–H and O–H groups in total. The molecule has 11 heteroatoms. The molecule has 0 aliphatic carbocycles. The van der Waals surface area contributed by atoms with Gasteiger partial charge in [-0.05, 0) is 18.2 Å². The quantitative estimate of drug-likeness (QED) is 0.520. The highest BCUT2D eigenvalue weighted by Gasteiger charge is 2.17. The minimum absolute atomic E-state index is 0.0414. The van der Waals surface area contributed by atoms with E-state index < -0.39 is 17.4 Å². The number of nitrogens with zero attached hydrogens (tertiary/aromatic N) is 4. The van der Waals surface area contributed by atoms with Gasteiger partial charge in [0.2, 0.25) is 0 Å². The van der Waals surface area contributed by atoms with E-state index in [-0.39, 0.29) is 22.8 Å². The van der Waals surface area contributed by atoms with Gasteiger partial charge in [0.05, 0.1) is 22.9 Å². The van der Waals surface area contributed by atoms with Gasteiger partial charge in [0.25, 0.3) is 11.6 Å². The fourth-order valence-electron chi connectivity index (χ4n) is 2.13. The van der Waals surface area contributed by atoms with Crippen molar-refractivity contribution in [3.8, 4) is 11.5 Å². The summed E-state index contributed by atoms with van der Waals surface area (Å²) >= 11 is 0. The number of benzene rings is 1. The summed E-state index contributed by atoms with van der Waals surface area (Å²) in [6.07, 6.45) is 3.89. The van der Waals surface area contributed by atoms with Crippen molar-refractivity contribution in [2.75, 3.05) is 5.32 Å². The molecule has 0 aliphatic rings. The molecule has 9 nitrogen and oxygen atoms in total. The number of amides is 1. The Balaban J connectivity index is 1.85. The van der Waals surface area contributed by atoms with E-state index in [4.69, 9.17) is 4.74 Å². The number of anilines is 1. The van der Waals surface area contributed by atoms with Crippen molar-refractivity contribution in [1.29, 1.82) is 0 Å². The number of halogens is 2. The molecule has 0 unspecified atom stereocenters. The molecule has 0 atom stereocenters. The number of non-ortho nitro benzene ring substituents is 1. The predicted octanol–water partition coefficient (Wildman–Crippen LogP) is 3.63. The number of carbonyl (C=O) groups excluding carboxylic acids is 1. The van der Waals surface area contributed by atoms with Crippen molar-refractivity contribution in [3.63, 3.8) is 0 Å². The van der Waals surface area contributed by atoms with Crippen LogP contribution in [0.4, 0.5) is 20.2 Å². The van der Waals surface area contributed by atoms with Crippen LogP contribution in [0.3, 0.4) is 0 Å². The summed E-state index contributed by atoms with van der Waals surface area (Å²) in [6, 6.07) is 7.95. The minimum atomic E-state index is -2.89. The second-order valence-electron chi connectivity index (χ2n) is 5.18. The molecular weight excluding hydrogens is 364 g/mol. The van der Waals surface area contributed by atoms with Gasteiger partial charge in [-0.1, -0.05) is 0 Å². The summed E-state index contributed by atoms with van der Waals surface area (Å²) in [5, 5.41) is 16.9. The average Bonchev–Trinajstić information content (AvgIpc) is 3.13. The van der Waals surface area contributed by atoms with Gasteiger partial charge in [0, 0.05) is 24.5 Å². The molecule has 2 aromatic heterocycles. The van der Waals surface area contributed by atoms with Crippen LogP contribution in [0.5, 0.6) is 11.5 Å². The van der Waals surface area contributed by atoms with E-state index >= 15 is 0 Å². The number of rotatable bonds is 6. The third-order valence-corrected chi connectivity index (χ3v) is 3.27. The lowest BCUT2D eigenvalue weighted by molar-refractivity contribution is -0.384. The Kier molecular flexibility index (Phi) is 5.01. The number of nitrogens with one attached hydrogen (secondary N) is 1. The summed E-state index contributed by atoms with van der Waals surface area (Å²) < 4.78 is 30.9. The molecule has 2 heterocycles. The molecule has 0 spiro atoms. The molecule has 27 heavy (non-hydrogen) atoms. The standard InChI is InChI=1S/C16H11F2N5O4/c17-16(18)22-5-3-14(21-22)15(24)20-10-6-11(23(25)26)8-13(7-10)27-12-2-1-4-19-9-12/h1-9,16H,(H,20,24). The third kappa shape index (κ3) is 4.39. The number of hydrogen-bond donors (Lipinski definition) is 1. The van der Waals surface area contributed by atoms with Crippen molar-refractivity contribution >= 4 is 17.3 Å². The topological polar surface area (TPSA) is 112 Å². The number of aromatic nitrogens is 3. The second-order valence-corrected chi connectivity index (χ2v) is 5.18. The van der Waals surface area contributed by atoms with Crippen LogP contribution in [-0.2, 0) is 0 Å². The van der Waals surface area contributed by atoms with Gasteiger partial charge in [-0.15, -0.1) is 0 Å². The van der Waals surface area contributed by atoms with E-state index in [2.05, 4.69) is 15.4 Å². The van der Waals surface area contributed by atoms with Gasteiger partial charge in [-0.3, -0.25) is 19.9 Å². The van der Waals surface area contributed by atoms with Gasteiger partial charge in [0.15, 0.2) is 5.69 Å². The summed E-state index contributed by atoms with van der Waals surface area (Å²) in [4.78, 5) is 26.5. The van der Waals surface area contributed by atoms with Crippen LogP contribution in [0, 0.1) is 10.1 Å². The number of nitro benzene ring substituents is 1. The van der Waals surface area contributed by atoms with E-state index in [1.54, 1.807) is 12.1 Å². The first-order valence-corrected chi connectivity index (χ1v) is 7.44. The molecule has 3 rings (SSSR count). The Bertz CT molecular complexity index is 978. The van der Waals surface area contributed by atoms with Crippen LogP contribution < -0.4 is 10.1 Å². The Morgan fingerprint density at radius 2 is 2.07 bits per heavy atom. The Labute approximate surface area is 150 Å². The summed E-state index contributed by atoms with van der Waals surface area (Å²) in [5.41, 5.74) is -0.555. The highest BCUT2D eigenvalue weighted by atomic mass is 19.3. The molecular formula is C16H11F2N5O4. The highest BCUT2D eigenvalue weighted by molar-refractivity contribution is 6.03. The van der Waals surface area contributed by atoms with Crippen LogP contribution in [-0.4, -0.2) is 25.6 Å². The average molecular weight is 375 g/mol. The second kappa shape index (κ2) is 7.56. The smallest absolute Gasteiger partial charge is 0.333 e. The van der Waals surface area contributed by atoms with Gasteiger partial charge in [-0.25, -0.2) is 4.68 Å². The molecule has 0 aliphatic heterocycles. The fraction of sp³-hybridized carbons (Fsp3) is 0.0625. The maximum absolute atomic E-state index is 12.5. The van der Waals surface area contributed by atoms with Gasteiger partial charge >= 0.3 is 6.55 Å². The monoisotopic (exact) mass is 375 g/mol. The molecule has 1 aromatic carbocycles. The minimum Gasteiger partial charge on any atom is -0.455 e. The van der Waals surface area contributed by atoms with Crippen LogP contribution >= 0.6 is 0 Å². The Hall–Kier alpha value is -3.89. The first-order chi connectivity index (χ1) is 12.9. The number of hydrogen-bond acceptors (Lipinski definition) is 6. The molecule has 0 saturated heterocycles. The van der Waals surface area contributed by atoms with Crippen molar-refractivity contribution in [2.45, 2.75) is 6.55 Å². The summed E-state index contributed by atoms with van der Waals surface area (Å²) in [5.74, 6) is -0.376. The molecule has 0 bridgehead atoms. The van der Waals surface area contributed by atoms with E-state index in [9.17, 15) is 23.7 Å². The molecule has 138 valence electrons. The van der Waals surface area contributed by atoms with Crippen LogP contribution in [0.1, 0.15) is 17.0 Å². The predicted molar refractivity (Wildman–Crippen MR) is 88.8 cm³/mol. The van der Waals surface area contributed by atoms with Crippen molar-refractivity contribution in [3.05, 3.63) is 70.8 Å². The lowest BCUT2D eigenvalue weighted by Crippen LogP contribution is -2.13. The maximum Gasteiger partial charge on any atom is 0.333 e. The van der Waals surface area contributed by atoms with E-state index in [0.717, 1.165) is 18.3 Å². The van der Waals surface area contributed by atoms with Gasteiger partial charge in [-0.2, -0.15) is 13.9 Å². The lowest BCUT2D eigenvalue weighted by Gasteiger charge is -2.08. The summed E-state index contributed by atoms with van der Waals surface area (Å²) in [6.45, 7) is -2.89. The summed E-state index contributed by atoms with van der Waals surface area (Å²) in [7, 11) is 0. The lowest BCUT2D eigenvalue weighted by atomic mass is 10.2. The van der Waals surface area contributed by atoms with E-state index in [0.29, 0.717) is 10.4 Å². The van der Waals surface area contributed by atoms with E-state index in [1.165, 1.54) is 24.5 Å². The molecule has 0 fully saturated rings. The largest absolute Gasteiger partial charge is 0.455 e. The molecule has 3 aromatic rings. The first-order valence-electron chi connectivity index (χ1n) is 7.44. The van der Waals surface area contributed by atoms with Crippen LogP contribution in [0.15, 0.2) is 55.0 Å². The van der Waals surface area contributed by atoms with Crippen molar-refractivity contribution in [1.82, 2.24) is 14.8 Å². The van der Waals surface area contributed by atoms with Gasteiger partial charge in [0.1, 0.15) is 11.5 Å². The number of carbonyl (C=O) groups is 1. The zero-order valence-electron chi connectivity index (χ0n) is 13.5. The molecule has 0 saturated carbocycles. The maximum atomic E-state index is 12.5.